The Morgan fingerprint density at radius 3 is 2.36 bits per heavy atom. The second-order valence-electron chi connectivity index (χ2n) is 5.40. The highest BCUT2D eigenvalue weighted by atomic mass is 19.4. The zero-order valence-corrected chi connectivity index (χ0v) is 13.1. The van der Waals surface area contributed by atoms with E-state index in [1.165, 1.54) is 12.1 Å². The number of ether oxygens (including phenoxy) is 2. The van der Waals surface area contributed by atoms with Gasteiger partial charge in [-0.05, 0) is 31.0 Å². The van der Waals surface area contributed by atoms with Gasteiger partial charge < -0.3 is 9.47 Å². The maximum atomic E-state index is 12.7. The van der Waals surface area contributed by atoms with E-state index < -0.39 is 23.9 Å². The van der Waals surface area contributed by atoms with Gasteiger partial charge in [0, 0.05) is 6.42 Å². The van der Waals surface area contributed by atoms with Crippen LogP contribution in [-0.2, 0) is 15.7 Å². The summed E-state index contributed by atoms with van der Waals surface area (Å²) in [6.07, 6.45) is -5.27. The minimum absolute atomic E-state index is 0.0331. The van der Waals surface area contributed by atoms with Gasteiger partial charge in [0.1, 0.15) is 18.0 Å². The topological polar surface area (TPSA) is 35.5 Å². The Bertz CT molecular complexity index is 498. The third-order valence-electron chi connectivity index (χ3n) is 3.16. The molecule has 0 saturated carbocycles. The smallest absolute Gasteiger partial charge is 0.416 e. The molecule has 6 heteroatoms. The number of alkyl halides is 3. The van der Waals surface area contributed by atoms with Gasteiger partial charge >= 0.3 is 12.1 Å². The highest BCUT2D eigenvalue weighted by Gasteiger charge is 2.31. The van der Waals surface area contributed by atoms with Crippen LogP contribution in [0.25, 0.3) is 0 Å². The van der Waals surface area contributed by atoms with Gasteiger partial charge in [-0.25, -0.2) is 0 Å². The Morgan fingerprint density at radius 1 is 1.23 bits per heavy atom. The summed E-state index contributed by atoms with van der Waals surface area (Å²) in [5, 5.41) is 0. The molecule has 2 unspecified atom stereocenters. The molecule has 2 atom stereocenters. The molecule has 0 aromatic heterocycles. The quantitative estimate of drug-likeness (QED) is 0.727. The lowest BCUT2D eigenvalue weighted by Crippen LogP contribution is -2.37. The van der Waals surface area contributed by atoms with Crippen LogP contribution in [0, 0.1) is 5.92 Å². The molecule has 0 radical (unpaired) electrons. The lowest BCUT2D eigenvalue weighted by Gasteiger charge is -2.28. The van der Waals surface area contributed by atoms with Gasteiger partial charge in [0.2, 0.25) is 0 Å². The van der Waals surface area contributed by atoms with E-state index >= 15 is 0 Å². The lowest BCUT2D eigenvalue weighted by atomic mass is 10.0. The molecule has 0 heterocycles. The standard InChI is InChI=1S/C16H21F3O3/c1-5-14(20)21-11(4)15(10(2)3)22-13-8-6-7-12(9-13)16(17,18)19/h6-11,15H,5H2,1-4H3. The zero-order chi connectivity index (χ0) is 16.9. The van der Waals surface area contributed by atoms with E-state index in [0.717, 1.165) is 12.1 Å². The van der Waals surface area contributed by atoms with Crippen LogP contribution in [0.15, 0.2) is 24.3 Å². The van der Waals surface area contributed by atoms with E-state index in [2.05, 4.69) is 0 Å². The fourth-order valence-electron chi connectivity index (χ4n) is 2.03. The summed E-state index contributed by atoms with van der Waals surface area (Å²) in [5.74, 6) is -0.298. The number of esters is 1. The lowest BCUT2D eigenvalue weighted by molar-refractivity contribution is -0.153. The Morgan fingerprint density at radius 2 is 1.86 bits per heavy atom. The number of carbonyl (C=O) groups excluding carboxylic acids is 1. The highest BCUT2D eigenvalue weighted by molar-refractivity contribution is 5.69. The molecule has 0 spiro atoms. The van der Waals surface area contributed by atoms with Crippen LogP contribution in [0.2, 0.25) is 0 Å². The van der Waals surface area contributed by atoms with Crippen LogP contribution in [0.4, 0.5) is 13.2 Å². The summed E-state index contributed by atoms with van der Waals surface area (Å²) in [6.45, 7) is 7.06. The van der Waals surface area contributed by atoms with E-state index in [4.69, 9.17) is 9.47 Å². The van der Waals surface area contributed by atoms with Crippen molar-refractivity contribution >= 4 is 5.97 Å². The van der Waals surface area contributed by atoms with E-state index in [-0.39, 0.29) is 24.1 Å². The maximum Gasteiger partial charge on any atom is 0.416 e. The molecule has 0 fully saturated rings. The molecule has 1 aromatic rings. The number of benzene rings is 1. The van der Waals surface area contributed by atoms with Crippen molar-refractivity contribution in [3.05, 3.63) is 29.8 Å². The van der Waals surface area contributed by atoms with Crippen molar-refractivity contribution in [3.63, 3.8) is 0 Å². The van der Waals surface area contributed by atoms with Gasteiger partial charge in [0.25, 0.3) is 0 Å². The average molecular weight is 318 g/mol. The van der Waals surface area contributed by atoms with Crippen LogP contribution in [0.5, 0.6) is 5.75 Å². The predicted molar refractivity (Wildman–Crippen MR) is 76.5 cm³/mol. The molecule has 0 aliphatic heterocycles. The fraction of sp³-hybridized carbons (Fsp3) is 0.562. The molecule has 0 saturated heterocycles. The van der Waals surface area contributed by atoms with Crippen molar-refractivity contribution in [2.45, 2.75) is 52.5 Å². The largest absolute Gasteiger partial charge is 0.486 e. The van der Waals surface area contributed by atoms with Gasteiger partial charge in [-0.2, -0.15) is 13.2 Å². The van der Waals surface area contributed by atoms with Gasteiger partial charge in [-0.1, -0.05) is 26.8 Å². The Hall–Kier alpha value is -1.72. The van der Waals surface area contributed by atoms with Crippen molar-refractivity contribution in [2.75, 3.05) is 0 Å². The second-order valence-corrected chi connectivity index (χ2v) is 5.40. The van der Waals surface area contributed by atoms with Crippen LogP contribution in [0.3, 0.4) is 0 Å². The molecule has 124 valence electrons. The molecule has 3 nitrogen and oxygen atoms in total. The normalized spacial score (nSPS) is 14.5. The van der Waals surface area contributed by atoms with E-state index in [1.54, 1.807) is 13.8 Å². The highest BCUT2D eigenvalue weighted by Crippen LogP contribution is 2.32. The second kappa shape index (κ2) is 7.51. The first-order valence-corrected chi connectivity index (χ1v) is 7.18. The van der Waals surface area contributed by atoms with Crippen molar-refractivity contribution < 1.29 is 27.4 Å². The number of rotatable bonds is 6. The number of halogens is 3. The van der Waals surface area contributed by atoms with E-state index in [1.807, 2.05) is 13.8 Å². The number of hydrogen-bond acceptors (Lipinski definition) is 3. The minimum Gasteiger partial charge on any atom is -0.486 e. The van der Waals surface area contributed by atoms with Crippen molar-refractivity contribution in [1.29, 1.82) is 0 Å². The van der Waals surface area contributed by atoms with Gasteiger partial charge in [-0.15, -0.1) is 0 Å². The predicted octanol–water partition coefficient (Wildman–Crippen LogP) is 4.45. The first kappa shape index (κ1) is 18.3. The Labute approximate surface area is 128 Å². The molecule has 1 rings (SSSR count). The molecule has 0 aliphatic rings. The molecule has 0 bridgehead atoms. The SMILES string of the molecule is CCC(=O)OC(C)C(Oc1cccc(C(F)(F)F)c1)C(C)C. The van der Waals surface area contributed by atoms with Crippen LogP contribution in [-0.4, -0.2) is 18.2 Å². The summed E-state index contributed by atoms with van der Waals surface area (Å²) >= 11 is 0. The van der Waals surface area contributed by atoms with Gasteiger partial charge in [0.05, 0.1) is 5.56 Å². The molecule has 1 aromatic carbocycles. The monoisotopic (exact) mass is 318 g/mol. The fourth-order valence-corrected chi connectivity index (χ4v) is 2.03. The summed E-state index contributed by atoms with van der Waals surface area (Å²) in [6, 6.07) is 4.68. The summed E-state index contributed by atoms with van der Waals surface area (Å²) in [7, 11) is 0. The molecule has 22 heavy (non-hydrogen) atoms. The molecular formula is C16H21F3O3. The van der Waals surface area contributed by atoms with Gasteiger partial charge in [-0.3, -0.25) is 4.79 Å². The van der Waals surface area contributed by atoms with Crippen molar-refractivity contribution in [1.82, 2.24) is 0 Å². The van der Waals surface area contributed by atoms with Crippen molar-refractivity contribution in [3.8, 4) is 5.75 Å². The molecule has 0 N–H and O–H groups in total. The average Bonchev–Trinajstić information content (AvgIpc) is 2.43. The van der Waals surface area contributed by atoms with E-state index in [9.17, 15) is 18.0 Å². The molecule has 0 amide bonds. The Kier molecular flexibility index (Phi) is 6.26. The first-order valence-electron chi connectivity index (χ1n) is 7.18. The molecular weight excluding hydrogens is 297 g/mol. The minimum atomic E-state index is -4.42. The maximum absolute atomic E-state index is 12.7. The van der Waals surface area contributed by atoms with Crippen LogP contribution >= 0.6 is 0 Å². The van der Waals surface area contributed by atoms with Crippen LogP contribution < -0.4 is 4.74 Å². The number of carbonyl (C=O) groups is 1. The molecule has 0 aliphatic carbocycles. The zero-order valence-electron chi connectivity index (χ0n) is 13.1. The summed E-state index contributed by atoms with van der Waals surface area (Å²) in [5.41, 5.74) is -0.772. The first-order chi connectivity index (χ1) is 10.1. The van der Waals surface area contributed by atoms with E-state index in [0.29, 0.717) is 0 Å². The van der Waals surface area contributed by atoms with Gasteiger partial charge in [0.15, 0.2) is 0 Å². The van der Waals surface area contributed by atoms with Crippen molar-refractivity contribution in [2.24, 2.45) is 5.92 Å². The summed E-state index contributed by atoms with van der Waals surface area (Å²) in [4.78, 5) is 11.4. The third-order valence-corrected chi connectivity index (χ3v) is 3.16. The Balaban J connectivity index is 2.90. The third kappa shape index (κ3) is 5.24. The van der Waals surface area contributed by atoms with Crippen LogP contribution in [0.1, 0.15) is 39.7 Å². The number of hydrogen-bond donors (Lipinski definition) is 0. The summed E-state index contributed by atoms with van der Waals surface area (Å²) < 4.78 is 49.0.